The number of hydrogen-bond acceptors (Lipinski definition) is 0. The highest BCUT2D eigenvalue weighted by Gasteiger charge is 2.40. The van der Waals surface area contributed by atoms with Crippen LogP contribution in [0.1, 0.15) is 11.1 Å². The Balaban J connectivity index is 0.820. The molecular formula is C64H42N2. The molecule has 66 heavy (non-hydrogen) atoms. The highest BCUT2D eigenvalue weighted by molar-refractivity contribution is 6.11. The van der Waals surface area contributed by atoms with Gasteiger partial charge in [0.15, 0.2) is 0 Å². The molecule has 0 amide bonds. The molecule has 2 aromatic heterocycles. The van der Waals surface area contributed by atoms with Crippen molar-refractivity contribution >= 4 is 54.8 Å². The Hall–Kier alpha value is -8.46. The van der Waals surface area contributed by atoms with Gasteiger partial charge in [-0.25, -0.2) is 0 Å². The van der Waals surface area contributed by atoms with Gasteiger partial charge in [-0.15, -0.1) is 0 Å². The van der Waals surface area contributed by atoms with Gasteiger partial charge < -0.3 is 9.13 Å². The Morgan fingerprint density at radius 3 is 1.42 bits per heavy atom. The van der Waals surface area contributed by atoms with Gasteiger partial charge in [0.2, 0.25) is 0 Å². The van der Waals surface area contributed by atoms with Gasteiger partial charge in [-0.05, 0) is 127 Å². The van der Waals surface area contributed by atoms with Gasteiger partial charge in [0.1, 0.15) is 0 Å². The maximum Gasteiger partial charge on any atom is 0.0547 e. The van der Waals surface area contributed by atoms with Crippen LogP contribution in [-0.4, -0.2) is 9.13 Å². The predicted molar refractivity (Wildman–Crippen MR) is 277 cm³/mol. The summed E-state index contributed by atoms with van der Waals surface area (Å²) in [5.74, 6) is 0.495. The maximum absolute atomic E-state index is 2.40. The summed E-state index contributed by atoms with van der Waals surface area (Å²) in [4.78, 5) is 0. The predicted octanol–water partition coefficient (Wildman–Crippen LogP) is 16.2. The molecule has 0 aliphatic heterocycles. The molecule has 308 valence electrons. The number of benzene rings is 8. The van der Waals surface area contributed by atoms with Crippen LogP contribution in [0.4, 0.5) is 0 Å². The Kier molecular flexibility index (Phi) is 8.14. The van der Waals surface area contributed by atoms with E-state index in [0.717, 1.165) is 0 Å². The van der Waals surface area contributed by atoms with Crippen molar-refractivity contribution in [2.24, 2.45) is 11.8 Å². The molecule has 4 aliphatic rings. The number of rotatable bonds is 6. The van der Waals surface area contributed by atoms with Gasteiger partial charge in [0.25, 0.3) is 0 Å². The molecule has 2 heteroatoms. The number of hydrogen-bond donors (Lipinski definition) is 0. The molecule has 2 unspecified atom stereocenters. The summed E-state index contributed by atoms with van der Waals surface area (Å²) < 4.78 is 4.81. The first-order valence-electron chi connectivity index (χ1n) is 23.1. The molecule has 0 radical (unpaired) electrons. The summed E-state index contributed by atoms with van der Waals surface area (Å²) in [6.45, 7) is 0. The van der Waals surface area contributed by atoms with Gasteiger partial charge in [-0.3, -0.25) is 0 Å². The van der Waals surface area contributed by atoms with E-state index in [1.54, 1.807) is 0 Å². The van der Waals surface area contributed by atoms with Crippen LogP contribution in [-0.2, 0) is 0 Å². The van der Waals surface area contributed by atoms with E-state index < -0.39 is 0 Å². The first kappa shape index (κ1) is 37.0. The average molecular weight is 839 g/mol. The fraction of sp³-hybridized carbons (Fsp3) is 0.0312. The van der Waals surface area contributed by atoms with Crippen LogP contribution in [0.2, 0.25) is 0 Å². The van der Waals surface area contributed by atoms with Gasteiger partial charge in [-0.2, -0.15) is 0 Å². The van der Waals surface area contributed by atoms with Crippen LogP contribution in [0, 0.1) is 11.8 Å². The molecule has 0 N–H and O–H groups in total. The molecule has 2 atom stereocenters. The topological polar surface area (TPSA) is 9.86 Å². The second kappa shape index (κ2) is 14.5. The molecule has 8 aromatic carbocycles. The monoisotopic (exact) mass is 838 g/mol. The highest BCUT2D eigenvalue weighted by Crippen LogP contribution is 2.54. The third kappa shape index (κ3) is 5.61. The molecule has 0 bridgehead atoms. The summed E-state index contributed by atoms with van der Waals surface area (Å²) in [5, 5.41) is 5.08. The number of aromatic nitrogens is 2. The van der Waals surface area contributed by atoms with Gasteiger partial charge in [0, 0.05) is 44.8 Å². The Morgan fingerprint density at radius 1 is 0.303 bits per heavy atom. The minimum Gasteiger partial charge on any atom is -0.309 e. The van der Waals surface area contributed by atoms with Crippen LogP contribution in [0.15, 0.2) is 265 Å². The molecule has 0 saturated carbocycles. The minimum absolute atomic E-state index is 0.247. The molecule has 10 aromatic rings. The van der Waals surface area contributed by atoms with Crippen molar-refractivity contribution in [1.29, 1.82) is 0 Å². The lowest BCUT2D eigenvalue weighted by molar-refractivity contribution is 0.569. The van der Waals surface area contributed by atoms with Crippen molar-refractivity contribution < 1.29 is 0 Å². The van der Waals surface area contributed by atoms with E-state index in [0.29, 0.717) is 0 Å². The molecular weight excluding hydrogens is 797 g/mol. The number of para-hydroxylation sites is 4. The number of allylic oxidation sites excluding steroid dienone is 14. The molecule has 4 aliphatic carbocycles. The summed E-state index contributed by atoms with van der Waals surface area (Å²) in [5.41, 5.74) is 22.7. The molecule has 0 fully saturated rings. The van der Waals surface area contributed by atoms with Crippen LogP contribution in [0.25, 0.3) is 88.4 Å². The van der Waals surface area contributed by atoms with Crippen LogP contribution in [0.3, 0.4) is 0 Å². The second-order valence-corrected chi connectivity index (χ2v) is 18.0. The van der Waals surface area contributed by atoms with E-state index in [1.165, 1.54) is 122 Å². The third-order valence-electron chi connectivity index (χ3n) is 14.5. The lowest BCUT2D eigenvalue weighted by atomic mass is 9.61. The van der Waals surface area contributed by atoms with Crippen molar-refractivity contribution in [3.05, 3.63) is 276 Å². The zero-order valence-corrected chi connectivity index (χ0v) is 36.1. The summed E-state index contributed by atoms with van der Waals surface area (Å²) in [6, 6.07) is 71.3. The number of nitrogens with zero attached hydrogens (tertiary/aromatic N) is 2. The van der Waals surface area contributed by atoms with Crippen molar-refractivity contribution in [2.75, 3.05) is 0 Å². The van der Waals surface area contributed by atoms with E-state index in [-0.39, 0.29) is 11.8 Å². The van der Waals surface area contributed by atoms with E-state index in [2.05, 4.69) is 252 Å². The fourth-order valence-electron chi connectivity index (χ4n) is 11.5. The quantitative estimate of drug-likeness (QED) is 0.158. The first-order chi connectivity index (χ1) is 32.7. The smallest absolute Gasteiger partial charge is 0.0547 e. The Bertz CT molecular complexity index is 3910. The zero-order chi connectivity index (χ0) is 43.3. The maximum atomic E-state index is 2.40. The first-order valence-corrected chi connectivity index (χ1v) is 23.1. The van der Waals surface area contributed by atoms with E-state index >= 15 is 0 Å². The molecule has 0 spiro atoms. The van der Waals surface area contributed by atoms with Gasteiger partial charge >= 0.3 is 0 Å². The van der Waals surface area contributed by atoms with Crippen LogP contribution in [0.5, 0.6) is 0 Å². The SMILES string of the molecule is C1=CC2=C(c3cccc(-c4ccc5c6ccccc6n(-c6ccccc6)c5c4)c3)C=CC3=CC=C4C(c5cccc(-c6ccc7c8ccccc8n(-c8ccccc8)c7c6)c5)=CC=C1C4C32. The summed E-state index contributed by atoms with van der Waals surface area (Å²) >= 11 is 0. The Morgan fingerprint density at radius 2 is 0.788 bits per heavy atom. The van der Waals surface area contributed by atoms with Gasteiger partial charge in [-0.1, -0.05) is 182 Å². The van der Waals surface area contributed by atoms with Crippen molar-refractivity contribution in [3.8, 4) is 33.6 Å². The van der Waals surface area contributed by atoms with Crippen LogP contribution >= 0.6 is 0 Å². The lowest BCUT2D eigenvalue weighted by Crippen LogP contribution is -2.30. The molecule has 2 heterocycles. The molecule has 2 nitrogen and oxygen atoms in total. The van der Waals surface area contributed by atoms with Crippen molar-refractivity contribution in [2.45, 2.75) is 0 Å². The third-order valence-corrected chi connectivity index (χ3v) is 14.5. The normalized spacial score (nSPS) is 17.3. The average Bonchev–Trinajstić information content (AvgIpc) is 3.90. The largest absolute Gasteiger partial charge is 0.309 e. The molecule has 0 saturated heterocycles. The fourth-order valence-corrected chi connectivity index (χ4v) is 11.5. The summed E-state index contributed by atoms with van der Waals surface area (Å²) in [6.07, 6.45) is 19.0. The Labute approximate surface area is 383 Å². The second-order valence-electron chi connectivity index (χ2n) is 18.0. The van der Waals surface area contributed by atoms with E-state index in [9.17, 15) is 0 Å². The van der Waals surface area contributed by atoms with E-state index in [1.807, 2.05) is 0 Å². The minimum atomic E-state index is 0.247. The standard InChI is InChI=1S/C64H42N2/c1-3-17-49(18-4-1)65-59-23-9-7-21-53(59)55-33-29-45(39-61(55)65)43-13-11-15-47(37-43)51-31-25-41-28-36-58-52(32-26-42-27-35-57(51)63(41)64(42)58)48-16-12-14-44(38-48)46-30-34-56-54-22-8-10-24-60(54)66(62(56)40-46)50-19-5-2-6-20-50/h1-40,63-64H. The molecule has 14 rings (SSSR count). The number of fused-ring (bicyclic) bond motifs is 6. The highest BCUT2D eigenvalue weighted by atomic mass is 15.0. The van der Waals surface area contributed by atoms with Crippen molar-refractivity contribution in [1.82, 2.24) is 9.13 Å². The van der Waals surface area contributed by atoms with Crippen molar-refractivity contribution in [3.63, 3.8) is 0 Å². The zero-order valence-electron chi connectivity index (χ0n) is 36.1. The van der Waals surface area contributed by atoms with Gasteiger partial charge in [0.05, 0.1) is 22.1 Å². The van der Waals surface area contributed by atoms with E-state index in [4.69, 9.17) is 0 Å². The summed E-state index contributed by atoms with van der Waals surface area (Å²) in [7, 11) is 0. The van der Waals surface area contributed by atoms with Crippen LogP contribution < -0.4 is 0 Å². The lowest BCUT2D eigenvalue weighted by Gasteiger charge is -2.42.